The van der Waals surface area contributed by atoms with Gasteiger partial charge < -0.3 is 10.2 Å². The maximum atomic E-state index is 12.8. The predicted molar refractivity (Wildman–Crippen MR) is 114 cm³/mol. The number of hydrogen-bond acceptors (Lipinski definition) is 5. The molecule has 10 heteroatoms. The minimum absolute atomic E-state index is 0.0803. The second kappa shape index (κ2) is 8.84. The summed E-state index contributed by atoms with van der Waals surface area (Å²) in [5.74, 6) is -1.41. The molecule has 1 aliphatic heterocycles. The number of nitrogens with one attached hydrogen (secondary N) is 1. The number of carbonyl (C=O) groups excluding carboxylic acids is 3. The van der Waals surface area contributed by atoms with Gasteiger partial charge in [-0.05, 0) is 53.7 Å². The fraction of sp³-hybridized carbons (Fsp3) is 0.190. The lowest BCUT2D eigenvalue weighted by Crippen LogP contribution is -2.36. The van der Waals surface area contributed by atoms with E-state index in [1.54, 1.807) is 18.2 Å². The van der Waals surface area contributed by atoms with Crippen molar-refractivity contribution < 1.29 is 27.6 Å². The largest absolute Gasteiger partial charge is 0.416 e. The van der Waals surface area contributed by atoms with Gasteiger partial charge in [-0.3, -0.25) is 19.3 Å². The van der Waals surface area contributed by atoms with E-state index < -0.39 is 35.3 Å². The van der Waals surface area contributed by atoms with E-state index in [2.05, 4.69) is 5.32 Å². The molecule has 0 bridgehead atoms. The van der Waals surface area contributed by atoms with Crippen LogP contribution in [0.15, 0.2) is 53.4 Å². The number of amides is 3. The van der Waals surface area contributed by atoms with Gasteiger partial charge in [0.1, 0.15) is 6.54 Å². The maximum Gasteiger partial charge on any atom is 0.416 e. The van der Waals surface area contributed by atoms with E-state index in [-0.39, 0.29) is 10.6 Å². The fourth-order valence-electron chi connectivity index (χ4n) is 2.77. The summed E-state index contributed by atoms with van der Waals surface area (Å²) in [6.07, 6.45) is -3.00. The van der Waals surface area contributed by atoms with Gasteiger partial charge >= 0.3 is 6.18 Å². The minimum atomic E-state index is -4.55. The molecule has 2 aromatic rings. The molecule has 0 aliphatic carbocycles. The van der Waals surface area contributed by atoms with Crippen molar-refractivity contribution in [1.29, 1.82) is 0 Å². The fourth-order valence-corrected chi connectivity index (χ4v) is 3.61. The van der Waals surface area contributed by atoms with E-state index in [0.717, 1.165) is 28.8 Å². The van der Waals surface area contributed by atoms with Crippen molar-refractivity contribution in [3.63, 3.8) is 0 Å². The van der Waals surface area contributed by atoms with Crippen LogP contribution >= 0.6 is 11.8 Å². The van der Waals surface area contributed by atoms with Crippen LogP contribution in [0.3, 0.4) is 0 Å². The maximum absolute atomic E-state index is 12.8. The highest BCUT2D eigenvalue weighted by molar-refractivity contribution is 8.18. The number of benzene rings is 2. The number of imide groups is 1. The number of nitrogens with zero attached hydrogens (tertiary/aromatic N) is 2. The molecule has 0 aromatic heterocycles. The lowest BCUT2D eigenvalue weighted by molar-refractivity contribution is -0.137. The Morgan fingerprint density at radius 1 is 1.13 bits per heavy atom. The number of thioether (sulfide) groups is 1. The molecule has 3 amide bonds. The van der Waals surface area contributed by atoms with E-state index in [9.17, 15) is 27.6 Å². The zero-order valence-corrected chi connectivity index (χ0v) is 17.4. The molecular weight excluding hydrogens is 431 g/mol. The summed E-state index contributed by atoms with van der Waals surface area (Å²) >= 11 is 0.701. The highest BCUT2D eigenvalue weighted by atomic mass is 32.2. The first-order chi connectivity index (χ1) is 14.5. The van der Waals surface area contributed by atoms with Crippen molar-refractivity contribution >= 4 is 46.3 Å². The Hall–Kier alpha value is -3.27. The smallest absolute Gasteiger partial charge is 0.378 e. The van der Waals surface area contributed by atoms with Crippen molar-refractivity contribution in [3.8, 4) is 0 Å². The number of anilines is 2. The Morgan fingerprint density at radius 2 is 1.81 bits per heavy atom. The van der Waals surface area contributed by atoms with E-state index in [1.165, 1.54) is 6.07 Å². The minimum Gasteiger partial charge on any atom is -0.378 e. The van der Waals surface area contributed by atoms with E-state index >= 15 is 0 Å². The van der Waals surface area contributed by atoms with Crippen molar-refractivity contribution in [3.05, 3.63) is 64.6 Å². The summed E-state index contributed by atoms with van der Waals surface area (Å²) in [4.78, 5) is 39.8. The van der Waals surface area contributed by atoms with Crippen molar-refractivity contribution in [1.82, 2.24) is 4.90 Å². The van der Waals surface area contributed by atoms with Gasteiger partial charge in [-0.1, -0.05) is 18.2 Å². The molecule has 0 spiro atoms. The van der Waals surface area contributed by atoms with Crippen LogP contribution in [0.1, 0.15) is 11.1 Å². The van der Waals surface area contributed by atoms with Crippen molar-refractivity contribution in [2.45, 2.75) is 6.18 Å². The van der Waals surface area contributed by atoms with Crippen LogP contribution in [0.4, 0.5) is 29.3 Å². The molecule has 0 atom stereocenters. The average molecular weight is 449 g/mol. The van der Waals surface area contributed by atoms with Crippen LogP contribution in [0.5, 0.6) is 0 Å². The monoisotopic (exact) mass is 449 g/mol. The second-order valence-electron chi connectivity index (χ2n) is 6.88. The first-order valence-electron chi connectivity index (χ1n) is 9.04. The van der Waals surface area contributed by atoms with Crippen LogP contribution < -0.4 is 10.2 Å². The zero-order chi connectivity index (χ0) is 22.8. The lowest BCUT2D eigenvalue weighted by atomic mass is 10.2. The van der Waals surface area contributed by atoms with Gasteiger partial charge in [0.15, 0.2) is 0 Å². The van der Waals surface area contributed by atoms with Crippen LogP contribution in [-0.4, -0.2) is 42.6 Å². The van der Waals surface area contributed by atoms with Crippen LogP contribution in [-0.2, 0) is 15.8 Å². The first-order valence-corrected chi connectivity index (χ1v) is 9.86. The standard InChI is InChI=1S/C21H18F3N3O3S/c1-26(2)16-8-6-13(7-9-16)10-17-19(29)27(20(30)31-17)12-18(28)25-15-5-3-4-14(11-15)21(22,23)24/h3-11H,12H2,1-2H3,(H,25,28). The highest BCUT2D eigenvalue weighted by Gasteiger charge is 2.36. The molecule has 1 aliphatic rings. The molecule has 6 nitrogen and oxygen atoms in total. The van der Waals surface area contributed by atoms with E-state index in [4.69, 9.17) is 0 Å². The van der Waals surface area contributed by atoms with Crippen LogP contribution in [0, 0.1) is 0 Å². The number of hydrogen-bond donors (Lipinski definition) is 1. The van der Waals surface area contributed by atoms with Gasteiger partial charge in [0.2, 0.25) is 5.91 Å². The predicted octanol–water partition coefficient (Wildman–Crippen LogP) is 4.45. The van der Waals surface area contributed by atoms with Crippen molar-refractivity contribution in [2.24, 2.45) is 0 Å². The molecule has 1 N–H and O–H groups in total. The third kappa shape index (κ3) is 5.46. The molecule has 0 saturated carbocycles. The number of alkyl halides is 3. The Balaban J connectivity index is 1.68. The normalized spacial score (nSPS) is 15.5. The number of rotatable bonds is 5. The molecule has 1 heterocycles. The second-order valence-corrected chi connectivity index (χ2v) is 7.87. The Labute approximate surface area is 180 Å². The van der Waals surface area contributed by atoms with Gasteiger partial charge in [0.25, 0.3) is 11.1 Å². The molecule has 1 fully saturated rings. The molecule has 31 heavy (non-hydrogen) atoms. The van der Waals surface area contributed by atoms with Gasteiger partial charge in [-0.2, -0.15) is 13.2 Å². The first kappa shape index (κ1) is 22.4. The topological polar surface area (TPSA) is 69.7 Å². The summed E-state index contributed by atoms with van der Waals surface area (Å²) in [6, 6.07) is 11.4. The van der Waals surface area contributed by atoms with Crippen molar-refractivity contribution in [2.75, 3.05) is 30.9 Å². The summed E-state index contributed by atoms with van der Waals surface area (Å²) in [5, 5.41) is 1.66. The number of halogens is 3. The Morgan fingerprint density at radius 3 is 2.42 bits per heavy atom. The zero-order valence-electron chi connectivity index (χ0n) is 16.6. The Kier molecular flexibility index (Phi) is 6.40. The van der Waals surface area contributed by atoms with Crippen LogP contribution in [0.2, 0.25) is 0 Å². The quantitative estimate of drug-likeness (QED) is 0.684. The third-order valence-corrected chi connectivity index (χ3v) is 5.26. The van der Waals surface area contributed by atoms with Crippen LogP contribution in [0.25, 0.3) is 6.08 Å². The molecule has 162 valence electrons. The molecule has 0 unspecified atom stereocenters. The van der Waals surface area contributed by atoms with Gasteiger partial charge in [-0.15, -0.1) is 0 Å². The summed E-state index contributed by atoms with van der Waals surface area (Å²) in [7, 11) is 3.79. The van der Waals surface area contributed by atoms with Gasteiger partial charge in [0, 0.05) is 25.5 Å². The Bertz CT molecular complexity index is 1050. The molecule has 3 rings (SSSR count). The van der Waals surface area contributed by atoms with E-state index in [0.29, 0.717) is 17.3 Å². The van der Waals surface area contributed by atoms with Gasteiger partial charge in [0.05, 0.1) is 10.5 Å². The summed E-state index contributed by atoms with van der Waals surface area (Å²) in [6.45, 7) is -0.599. The third-order valence-electron chi connectivity index (χ3n) is 4.36. The average Bonchev–Trinajstić information content (AvgIpc) is 2.95. The van der Waals surface area contributed by atoms with Gasteiger partial charge in [-0.25, -0.2) is 0 Å². The van der Waals surface area contributed by atoms with E-state index in [1.807, 2.05) is 31.1 Å². The SMILES string of the molecule is CN(C)c1ccc(C=C2SC(=O)N(CC(=O)Nc3cccc(C(F)(F)F)c3)C2=O)cc1. The molecule has 1 saturated heterocycles. The number of carbonyl (C=O) groups is 3. The highest BCUT2D eigenvalue weighted by Crippen LogP contribution is 2.33. The summed E-state index contributed by atoms with van der Waals surface area (Å²) in [5.41, 5.74) is 0.684. The lowest BCUT2D eigenvalue weighted by Gasteiger charge is -2.13. The molecule has 2 aromatic carbocycles. The summed E-state index contributed by atoms with van der Waals surface area (Å²) < 4.78 is 38.4. The molecular formula is C21H18F3N3O3S. The molecule has 0 radical (unpaired) electrons.